The molecule has 1 aliphatic rings. The number of hydrogen-bond donors (Lipinski definition) is 0. The van der Waals surface area contributed by atoms with Crippen LogP contribution in [0.2, 0.25) is 0 Å². The Morgan fingerprint density at radius 3 is 2.64 bits per heavy atom. The average Bonchev–Trinajstić information content (AvgIpc) is 2.04. The van der Waals surface area contributed by atoms with Crippen LogP contribution in [0.1, 0.15) is 32.6 Å². The molecule has 0 aromatic rings. The standard InChI is InChI=1S/C9H17FO/c1-3-7-4-5-9(11-2)8(10)6-7/h7-9H,3-6H2,1-2H3/t7?,8?,9-/m1/s1. The number of methoxy groups -OCH3 is 1. The normalized spacial score (nSPS) is 39.0. The van der Waals surface area contributed by atoms with Crippen LogP contribution in [0.4, 0.5) is 4.39 Å². The zero-order valence-electron chi connectivity index (χ0n) is 7.35. The van der Waals surface area contributed by atoms with Gasteiger partial charge in [-0.15, -0.1) is 0 Å². The van der Waals surface area contributed by atoms with E-state index in [0.29, 0.717) is 12.3 Å². The lowest BCUT2D eigenvalue weighted by atomic mass is 9.84. The summed E-state index contributed by atoms with van der Waals surface area (Å²) in [6, 6.07) is 0. The fraction of sp³-hybridized carbons (Fsp3) is 1.00. The van der Waals surface area contributed by atoms with Crippen molar-refractivity contribution in [2.75, 3.05) is 7.11 Å². The van der Waals surface area contributed by atoms with Crippen LogP contribution in [0, 0.1) is 5.92 Å². The molecule has 1 rings (SSSR count). The maximum Gasteiger partial charge on any atom is 0.126 e. The SMILES string of the molecule is CCC1CC[C@@H](OC)C(F)C1. The minimum absolute atomic E-state index is 0.127. The molecule has 0 aromatic carbocycles. The molecule has 1 nitrogen and oxygen atoms in total. The van der Waals surface area contributed by atoms with Crippen LogP contribution in [0.3, 0.4) is 0 Å². The molecule has 1 fully saturated rings. The molecule has 0 amide bonds. The van der Waals surface area contributed by atoms with Crippen molar-refractivity contribution < 1.29 is 9.13 Å². The largest absolute Gasteiger partial charge is 0.378 e. The van der Waals surface area contributed by atoms with Gasteiger partial charge < -0.3 is 4.74 Å². The minimum atomic E-state index is -0.723. The molecule has 66 valence electrons. The van der Waals surface area contributed by atoms with Crippen LogP contribution in [0.25, 0.3) is 0 Å². The summed E-state index contributed by atoms with van der Waals surface area (Å²) in [7, 11) is 1.60. The van der Waals surface area contributed by atoms with E-state index in [2.05, 4.69) is 6.92 Å². The van der Waals surface area contributed by atoms with Gasteiger partial charge in [-0.1, -0.05) is 13.3 Å². The molecule has 0 aliphatic heterocycles. The second kappa shape index (κ2) is 4.05. The second-order valence-corrected chi connectivity index (χ2v) is 3.38. The predicted molar refractivity (Wildman–Crippen MR) is 43.3 cm³/mol. The van der Waals surface area contributed by atoms with Gasteiger partial charge >= 0.3 is 0 Å². The van der Waals surface area contributed by atoms with Crippen LogP contribution in [-0.2, 0) is 4.74 Å². The summed E-state index contributed by atoms with van der Waals surface area (Å²) in [4.78, 5) is 0. The Labute approximate surface area is 67.9 Å². The summed E-state index contributed by atoms with van der Waals surface area (Å²) in [6.07, 6.45) is 2.99. The molecule has 0 aromatic heterocycles. The van der Waals surface area contributed by atoms with Gasteiger partial charge in [0.15, 0.2) is 0 Å². The summed E-state index contributed by atoms with van der Waals surface area (Å²) < 4.78 is 18.2. The molecular formula is C9H17FO. The first-order chi connectivity index (χ1) is 5.27. The summed E-state index contributed by atoms with van der Waals surface area (Å²) in [5, 5.41) is 0. The highest BCUT2D eigenvalue weighted by Gasteiger charge is 2.29. The Morgan fingerprint density at radius 2 is 2.18 bits per heavy atom. The lowest BCUT2D eigenvalue weighted by Gasteiger charge is -2.29. The fourth-order valence-corrected chi connectivity index (χ4v) is 1.81. The first-order valence-corrected chi connectivity index (χ1v) is 4.44. The van der Waals surface area contributed by atoms with Crippen LogP contribution >= 0.6 is 0 Å². The minimum Gasteiger partial charge on any atom is -0.378 e. The molecule has 2 heteroatoms. The zero-order chi connectivity index (χ0) is 8.27. The van der Waals surface area contributed by atoms with Gasteiger partial charge in [-0.25, -0.2) is 4.39 Å². The zero-order valence-corrected chi connectivity index (χ0v) is 7.35. The first kappa shape index (κ1) is 8.98. The van der Waals surface area contributed by atoms with E-state index in [0.717, 1.165) is 19.3 Å². The Morgan fingerprint density at radius 1 is 1.45 bits per heavy atom. The second-order valence-electron chi connectivity index (χ2n) is 3.38. The van der Waals surface area contributed by atoms with Crippen LogP contribution in [-0.4, -0.2) is 19.4 Å². The molecule has 0 saturated heterocycles. The monoisotopic (exact) mass is 160 g/mol. The van der Waals surface area contributed by atoms with Crippen molar-refractivity contribution in [2.24, 2.45) is 5.92 Å². The van der Waals surface area contributed by atoms with Crippen molar-refractivity contribution in [3.8, 4) is 0 Å². The molecule has 0 heterocycles. The highest BCUT2D eigenvalue weighted by atomic mass is 19.1. The van der Waals surface area contributed by atoms with Gasteiger partial charge in [-0.05, 0) is 25.2 Å². The van der Waals surface area contributed by atoms with Crippen molar-refractivity contribution in [1.82, 2.24) is 0 Å². The third-order valence-corrected chi connectivity index (χ3v) is 2.70. The quantitative estimate of drug-likeness (QED) is 0.603. The van der Waals surface area contributed by atoms with Gasteiger partial charge in [0.2, 0.25) is 0 Å². The van der Waals surface area contributed by atoms with Crippen molar-refractivity contribution in [1.29, 1.82) is 0 Å². The van der Waals surface area contributed by atoms with E-state index in [4.69, 9.17) is 4.74 Å². The first-order valence-electron chi connectivity index (χ1n) is 4.44. The number of alkyl halides is 1. The summed E-state index contributed by atoms with van der Waals surface area (Å²) in [5.41, 5.74) is 0. The lowest BCUT2D eigenvalue weighted by Crippen LogP contribution is -2.31. The van der Waals surface area contributed by atoms with Crippen LogP contribution in [0.15, 0.2) is 0 Å². The summed E-state index contributed by atoms with van der Waals surface area (Å²) in [5.74, 6) is 0.594. The summed E-state index contributed by atoms with van der Waals surface area (Å²) >= 11 is 0. The van der Waals surface area contributed by atoms with Gasteiger partial charge in [0, 0.05) is 7.11 Å². The van der Waals surface area contributed by atoms with Gasteiger partial charge in [0.05, 0.1) is 6.10 Å². The number of halogens is 1. The van der Waals surface area contributed by atoms with Gasteiger partial charge in [-0.2, -0.15) is 0 Å². The molecule has 0 bridgehead atoms. The maximum atomic E-state index is 13.2. The lowest BCUT2D eigenvalue weighted by molar-refractivity contribution is -0.00953. The topological polar surface area (TPSA) is 9.23 Å². The van der Waals surface area contributed by atoms with Gasteiger partial charge in [-0.3, -0.25) is 0 Å². The molecule has 0 radical (unpaired) electrons. The Balaban J connectivity index is 2.34. The van der Waals surface area contributed by atoms with Crippen molar-refractivity contribution in [3.63, 3.8) is 0 Å². The molecule has 2 unspecified atom stereocenters. The van der Waals surface area contributed by atoms with E-state index < -0.39 is 6.17 Å². The van der Waals surface area contributed by atoms with E-state index in [9.17, 15) is 4.39 Å². The summed E-state index contributed by atoms with van der Waals surface area (Å²) in [6.45, 7) is 2.13. The number of rotatable bonds is 2. The van der Waals surface area contributed by atoms with Gasteiger partial charge in [0.25, 0.3) is 0 Å². The molecule has 11 heavy (non-hydrogen) atoms. The fourth-order valence-electron chi connectivity index (χ4n) is 1.81. The number of hydrogen-bond acceptors (Lipinski definition) is 1. The van der Waals surface area contributed by atoms with Crippen LogP contribution in [0.5, 0.6) is 0 Å². The molecule has 0 N–H and O–H groups in total. The van der Waals surface area contributed by atoms with Gasteiger partial charge in [0.1, 0.15) is 6.17 Å². The molecule has 1 aliphatic carbocycles. The van der Waals surface area contributed by atoms with Crippen molar-refractivity contribution in [2.45, 2.75) is 44.9 Å². The Bertz CT molecular complexity index is 116. The van der Waals surface area contributed by atoms with E-state index >= 15 is 0 Å². The maximum absolute atomic E-state index is 13.2. The average molecular weight is 160 g/mol. The molecule has 0 spiro atoms. The van der Waals surface area contributed by atoms with Crippen molar-refractivity contribution in [3.05, 3.63) is 0 Å². The highest BCUT2D eigenvalue weighted by molar-refractivity contribution is 4.79. The van der Waals surface area contributed by atoms with Crippen LogP contribution < -0.4 is 0 Å². The molecular weight excluding hydrogens is 143 g/mol. The molecule has 1 saturated carbocycles. The van der Waals surface area contributed by atoms with E-state index in [1.807, 2.05) is 0 Å². The van der Waals surface area contributed by atoms with E-state index in [-0.39, 0.29) is 6.10 Å². The predicted octanol–water partition coefficient (Wildman–Crippen LogP) is 2.55. The molecule has 3 atom stereocenters. The van der Waals surface area contributed by atoms with Crippen molar-refractivity contribution >= 4 is 0 Å². The highest BCUT2D eigenvalue weighted by Crippen LogP contribution is 2.30. The van der Waals surface area contributed by atoms with E-state index in [1.54, 1.807) is 7.11 Å². The smallest absolute Gasteiger partial charge is 0.126 e. The van der Waals surface area contributed by atoms with E-state index in [1.165, 1.54) is 0 Å². The number of ether oxygens (including phenoxy) is 1. The third-order valence-electron chi connectivity index (χ3n) is 2.70. The Kier molecular flexibility index (Phi) is 3.31. The Hall–Kier alpha value is -0.110. The third kappa shape index (κ3) is 2.16.